The van der Waals surface area contributed by atoms with Gasteiger partial charge in [0.1, 0.15) is 10.8 Å². The van der Waals surface area contributed by atoms with Gasteiger partial charge in [-0.25, -0.2) is 14.5 Å². The van der Waals surface area contributed by atoms with Gasteiger partial charge < -0.3 is 19.3 Å². The molecule has 3 unspecified atom stereocenters. The number of piperazine rings is 1. The van der Waals surface area contributed by atoms with Crippen LogP contribution in [0.4, 0.5) is 10.6 Å². The van der Waals surface area contributed by atoms with Crippen molar-refractivity contribution in [1.82, 2.24) is 19.7 Å². The zero-order chi connectivity index (χ0) is 21.0. The first-order chi connectivity index (χ1) is 14.3. The molecule has 3 fully saturated rings. The van der Waals surface area contributed by atoms with Crippen LogP contribution in [-0.2, 0) is 9.47 Å². The van der Waals surface area contributed by atoms with E-state index in [1.807, 2.05) is 36.4 Å². The number of fused-ring (bicyclic) bond motifs is 3. The molecule has 2 aromatic rings. The van der Waals surface area contributed by atoms with Crippen LogP contribution in [0.5, 0.6) is 0 Å². The molecule has 0 saturated carbocycles. The normalized spacial score (nSPS) is 26.6. The van der Waals surface area contributed by atoms with Gasteiger partial charge in [-0.05, 0) is 46.5 Å². The molecule has 5 heterocycles. The molecule has 1 amide bonds. The van der Waals surface area contributed by atoms with Crippen molar-refractivity contribution < 1.29 is 14.3 Å². The highest BCUT2D eigenvalue weighted by molar-refractivity contribution is 6.30. The second kappa shape index (κ2) is 7.27. The van der Waals surface area contributed by atoms with Crippen LogP contribution in [-0.4, -0.2) is 63.1 Å². The highest BCUT2D eigenvalue weighted by Gasteiger charge is 2.47. The Morgan fingerprint density at radius 3 is 2.77 bits per heavy atom. The van der Waals surface area contributed by atoms with E-state index in [-0.39, 0.29) is 24.4 Å². The number of anilines is 1. The van der Waals surface area contributed by atoms with Crippen molar-refractivity contribution in [2.45, 2.75) is 70.4 Å². The zero-order valence-corrected chi connectivity index (χ0v) is 18.4. The van der Waals surface area contributed by atoms with Crippen molar-refractivity contribution in [2.24, 2.45) is 0 Å². The summed E-state index contributed by atoms with van der Waals surface area (Å²) in [6.07, 6.45) is 5.57. The number of halogens is 1. The maximum Gasteiger partial charge on any atom is 0.410 e. The van der Waals surface area contributed by atoms with Crippen LogP contribution < -0.4 is 4.90 Å². The molecule has 30 heavy (non-hydrogen) atoms. The second-order valence-electron chi connectivity index (χ2n) is 9.44. The maximum atomic E-state index is 12.6. The fraction of sp³-hybridized carbons (Fsp3) is 0.667. The van der Waals surface area contributed by atoms with Gasteiger partial charge in [-0.2, -0.15) is 5.10 Å². The standard InChI is InChI=1S/C21H28ClN5O3/c1-21(2,3)30-20(28)26-12-13-8-14(26)11-25(13)19-15-10-23-17(22)9-16(15)27(24-19)18-6-4-5-7-29-18/h9-10,13-14,18H,4-8,11-12H2,1-3H3. The molecule has 0 spiro atoms. The molecular weight excluding hydrogens is 406 g/mol. The van der Waals surface area contributed by atoms with Crippen molar-refractivity contribution in [3.05, 3.63) is 17.4 Å². The first-order valence-corrected chi connectivity index (χ1v) is 11.1. The minimum absolute atomic E-state index is 0.0773. The molecule has 2 aromatic heterocycles. The molecule has 5 rings (SSSR count). The number of likely N-dealkylation sites (tertiary alicyclic amines) is 1. The van der Waals surface area contributed by atoms with Crippen molar-refractivity contribution in [3.8, 4) is 0 Å². The van der Waals surface area contributed by atoms with Crippen LogP contribution in [0, 0.1) is 0 Å². The summed E-state index contributed by atoms with van der Waals surface area (Å²) in [5.41, 5.74) is 0.460. The highest BCUT2D eigenvalue weighted by Crippen LogP contribution is 2.39. The predicted octanol–water partition coefficient (Wildman–Crippen LogP) is 3.98. The van der Waals surface area contributed by atoms with Crippen LogP contribution in [0.3, 0.4) is 0 Å². The van der Waals surface area contributed by atoms with Gasteiger partial charge in [0.05, 0.1) is 23.0 Å². The van der Waals surface area contributed by atoms with E-state index in [0.717, 1.165) is 55.6 Å². The number of nitrogens with zero attached hydrogens (tertiary/aromatic N) is 5. The minimum atomic E-state index is -0.488. The molecule has 9 heteroatoms. The van der Waals surface area contributed by atoms with E-state index in [9.17, 15) is 4.79 Å². The Balaban J connectivity index is 1.42. The Kier molecular flexibility index (Phi) is 4.82. The third-order valence-corrected chi connectivity index (χ3v) is 6.31. The first kappa shape index (κ1) is 19.9. The molecule has 3 aliphatic rings. The van der Waals surface area contributed by atoms with E-state index in [1.54, 1.807) is 6.20 Å². The average molecular weight is 434 g/mol. The van der Waals surface area contributed by atoms with Gasteiger partial charge >= 0.3 is 6.09 Å². The van der Waals surface area contributed by atoms with E-state index in [0.29, 0.717) is 11.7 Å². The van der Waals surface area contributed by atoms with Crippen LogP contribution in [0.25, 0.3) is 10.9 Å². The number of rotatable bonds is 2. The molecular formula is C21H28ClN5O3. The van der Waals surface area contributed by atoms with Crippen molar-refractivity contribution in [3.63, 3.8) is 0 Å². The summed E-state index contributed by atoms with van der Waals surface area (Å²) in [5, 5.41) is 6.39. The van der Waals surface area contributed by atoms with Gasteiger partial charge in [0.25, 0.3) is 0 Å². The average Bonchev–Trinajstić information content (AvgIpc) is 3.39. The third-order valence-electron chi connectivity index (χ3n) is 6.11. The Hall–Kier alpha value is -2.06. The van der Waals surface area contributed by atoms with Gasteiger partial charge in [0.2, 0.25) is 0 Å². The lowest BCUT2D eigenvalue weighted by Gasteiger charge is -2.35. The molecule has 0 radical (unpaired) electrons. The number of amides is 1. The first-order valence-electron chi connectivity index (χ1n) is 10.7. The Bertz CT molecular complexity index is 965. The summed E-state index contributed by atoms with van der Waals surface area (Å²) < 4.78 is 13.6. The lowest BCUT2D eigenvalue weighted by atomic mass is 10.2. The number of hydrogen-bond acceptors (Lipinski definition) is 6. The molecule has 2 bridgehead atoms. The Morgan fingerprint density at radius 1 is 1.27 bits per heavy atom. The quantitative estimate of drug-likeness (QED) is 0.667. The zero-order valence-electron chi connectivity index (χ0n) is 17.7. The minimum Gasteiger partial charge on any atom is -0.444 e. The second-order valence-corrected chi connectivity index (χ2v) is 9.83. The van der Waals surface area contributed by atoms with Gasteiger partial charge in [-0.15, -0.1) is 0 Å². The van der Waals surface area contributed by atoms with E-state index in [4.69, 9.17) is 26.2 Å². The summed E-state index contributed by atoms with van der Waals surface area (Å²) in [7, 11) is 0. The Labute approximate surface area is 181 Å². The maximum absolute atomic E-state index is 12.6. The summed E-state index contributed by atoms with van der Waals surface area (Å²) in [4.78, 5) is 21.1. The van der Waals surface area contributed by atoms with E-state index >= 15 is 0 Å². The predicted molar refractivity (Wildman–Crippen MR) is 114 cm³/mol. The highest BCUT2D eigenvalue weighted by atomic mass is 35.5. The molecule has 0 N–H and O–H groups in total. The molecule has 3 atom stereocenters. The Morgan fingerprint density at radius 2 is 2.10 bits per heavy atom. The van der Waals surface area contributed by atoms with Crippen LogP contribution >= 0.6 is 11.6 Å². The number of ether oxygens (including phenoxy) is 2. The topological polar surface area (TPSA) is 72.7 Å². The summed E-state index contributed by atoms with van der Waals surface area (Å²) in [5.74, 6) is 0.902. The fourth-order valence-corrected chi connectivity index (χ4v) is 4.96. The number of carbonyl (C=O) groups is 1. The molecule has 0 aromatic carbocycles. The van der Waals surface area contributed by atoms with E-state index in [2.05, 4.69) is 9.88 Å². The van der Waals surface area contributed by atoms with Gasteiger partial charge in [-0.1, -0.05) is 11.6 Å². The fourth-order valence-electron chi connectivity index (χ4n) is 4.81. The van der Waals surface area contributed by atoms with Crippen molar-refractivity contribution in [1.29, 1.82) is 0 Å². The molecule has 162 valence electrons. The van der Waals surface area contributed by atoms with Crippen LogP contribution in [0.1, 0.15) is 52.7 Å². The van der Waals surface area contributed by atoms with Gasteiger partial charge in [-0.3, -0.25) is 0 Å². The molecule has 0 aliphatic carbocycles. The van der Waals surface area contributed by atoms with Gasteiger partial charge in [0, 0.05) is 32.0 Å². The molecule has 3 aliphatic heterocycles. The summed E-state index contributed by atoms with van der Waals surface area (Å²) in [6.45, 7) is 7.83. The SMILES string of the molecule is CC(C)(C)OC(=O)N1CC2CC1CN2c1nn(C2CCCCO2)c2cc(Cl)ncc12. The lowest BCUT2D eigenvalue weighted by Crippen LogP contribution is -2.50. The number of carbonyl (C=O) groups excluding carboxylic acids is 1. The summed E-state index contributed by atoms with van der Waals surface area (Å²) >= 11 is 6.20. The van der Waals surface area contributed by atoms with E-state index in [1.165, 1.54) is 0 Å². The third kappa shape index (κ3) is 3.50. The van der Waals surface area contributed by atoms with Crippen molar-refractivity contribution in [2.75, 3.05) is 24.6 Å². The van der Waals surface area contributed by atoms with Gasteiger partial charge in [0.15, 0.2) is 12.0 Å². The van der Waals surface area contributed by atoms with Crippen LogP contribution in [0.15, 0.2) is 12.3 Å². The number of hydrogen-bond donors (Lipinski definition) is 0. The lowest BCUT2D eigenvalue weighted by molar-refractivity contribution is -0.0365. The van der Waals surface area contributed by atoms with Crippen molar-refractivity contribution >= 4 is 34.4 Å². The summed E-state index contributed by atoms with van der Waals surface area (Å²) in [6, 6.07) is 2.22. The number of pyridine rings is 1. The largest absolute Gasteiger partial charge is 0.444 e. The number of aromatic nitrogens is 3. The molecule has 8 nitrogen and oxygen atoms in total. The smallest absolute Gasteiger partial charge is 0.410 e. The van der Waals surface area contributed by atoms with E-state index < -0.39 is 5.60 Å². The molecule has 3 saturated heterocycles. The monoisotopic (exact) mass is 433 g/mol. The van der Waals surface area contributed by atoms with Crippen LogP contribution in [0.2, 0.25) is 5.15 Å².